The fraction of sp³-hybridized carbons (Fsp3) is 0.375. The Morgan fingerprint density at radius 2 is 2.09 bits per heavy atom. The van der Waals surface area contributed by atoms with E-state index in [1.165, 1.54) is 12.1 Å². The van der Waals surface area contributed by atoms with Crippen molar-refractivity contribution < 1.29 is 13.6 Å². The second kappa shape index (κ2) is 7.70. The summed E-state index contributed by atoms with van der Waals surface area (Å²) in [5.41, 5.74) is 6.02. The van der Waals surface area contributed by atoms with Crippen LogP contribution >= 0.6 is 0 Å². The van der Waals surface area contributed by atoms with Crippen LogP contribution in [0, 0.1) is 5.82 Å². The zero-order valence-corrected chi connectivity index (χ0v) is 12.6. The van der Waals surface area contributed by atoms with Gasteiger partial charge in [0.05, 0.1) is 19.3 Å². The molecule has 2 rings (SSSR count). The quantitative estimate of drug-likeness (QED) is 0.813. The van der Waals surface area contributed by atoms with Crippen molar-refractivity contribution >= 4 is 5.91 Å². The number of carbonyl (C=O) groups is 1. The minimum absolute atomic E-state index is 0.175. The molecule has 0 aliphatic rings. The molecule has 1 aromatic carbocycles. The number of nitrogens with zero attached hydrogens (tertiary/aromatic N) is 2. The van der Waals surface area contributed by atoms with E-state index in [-0.39, 0.29) is 18.3 Å². The molecule has 2 N–H and O–H groups in total. The first-order chi connectivity index (χ1) is 10.6. The second-order valence-electron chi connectivity index (χ2n) is 5.16. The summed E-state index contributed by atoms with van der Waals surface area (Å²) in [7, 11) is 0. The number of rotatable bonds is 8. The number of unbranched alkanes of at least 4 members (excludes halogenated alkanes) is 1. The number of primary amides is 1. The number of carbonyl (C=O) groups excluding carboxylic acids is 1. The zero-order chi connectivity index (χ0) is 15.9. The largest absolute Gasteiger partial charge is 0.439 e. The monoisotopic (exact) mass is 305 g/mol. The van der Waals surface area contributed by atoms with Crippen LogP contribution in [0.5, 0.6) is 0 Å². The molecule has 22 heavy (non-hydrogen) atoms. The maximum absolute atomic E-state index is 12.9. The third-order valence-corrected chi connectivity index (χ3v) is 3.25. The Morgan fingerprint density at radius 1 is 1.36 bits per heavy atom. The first-order valence-electron chi connectivity index (χ1n) is 7.29. The molecule has 6 heteroatoms. The van der Waals surface area contributed by atoms with Crippen molar-refractivity contribution in [3.63, 3.8) is 0 Å². The topological polar surface area (TPSA) is 72.4 Å². The minimum atomic E-state index is -0.374. The van der Waals surface area contributed by atoms with Crippen LogP contribution in [-0.4, -0.2) is 28.9 Å². The van der Waals surface area contributed by atoms with Crippen LogP contribution in [0.15, 0.2) is 34.9 Å². The number of halogens is 1. The van der Waals surface area contributed by atoms with Crippen molar-refractivity contribution in [1.29, 1.82) is 0 Å². The van der Waals surface area contributed by atoms with E-state index in [9.17, 15) is 9.18 Å². The van der Waals surface area contributed by atoms with Gasteiger partial charge >= 0.3 is 0 Å². The van der Waals surface area contributed by atoms with Gasteiger partial charge in [-0.25, -0.2) is 9.37 Å². The van der Waals surface area contributed by atoms with Crippen LogP contribution in [0.3, 0.4) is 0 Å². The molecule has 0 spiro atoms. The highest BCUT2D eigenvalue weighted by molar-refractivity contribution is 5.75. The van der Waals surface area contributed by atoms with Crippen LogP contribution in [0.25, 0.3) is 11.3 Å². The molecule has 5 nitrogen and oxygen atoms in total. The Hall–Kier alpha value is -2.21. The highest BCUT2D eigenvalue weighted by atomic mass is 19.1. The van der Waals surface area contributed by atoms with Crippen LogP contribution in [0.1, 0.15) is 25.7 Å². The number of hydrogen-bond donors (Lipinski definition) is 1. The van der Waals surface area contributed by atoms with Gasteiger partial charge in [-0.3, -0.25) is 9.69 Å². The molecule has 1 amide bonds. The van der Waals surface area contributed by atoms with Crippen LogP contribution in [0.4, 0.5) is 4.39 Å². The molecule has 2 aromatic rings. The molecule has 0 bridgehead atoms. The van der Waals surface area contributed by atoms with Crippen molar-refractivity contribution in [2.45, 2.75) is 26.3 Å². The molecule has 118 valence electrons. The fourth-order valence-corrected chi connectivity index (χ4v) is 2.14. The van der Waals surface area contributed by atoms with Crippen molar-refractivity contribution in [1.82, 2.24) is 9.88 Å². The lowest BCUT2D eigenvalue weighted by molar-refractivity contribution is -0.119. The van der Waals surface area contributed by atoms with Gasteiger partial charge in [0.25, 0.3) is 0 Å². The lowest BCUT2D eigenvalue weighted by Crippen LogP contribution is -2.34. The second-order valence-corrected chi connectivity index (χ2v) is 5.16. The predicted octanol–water partition coefficient (Wildman–Crippen LogP) is 2.57. The highest BCUT2D eigenvalue weighted by Crippen LogP contribution is 2.21. The lowest BCUT2D eigenvalue weighted by atomic mass is 10.2. The molecule has 0 unspecified atom stereocenters. The average Bonchev–Trinajstić information content (AvgIpc) is 2.93. The smallest absolute Gasteiger partial charge is 0.231 e. The normalized spacial score (nSPS) is 11.0. The third kappa shape index (κ3) is 4.66. The number of hydrogen-bond acceptors (Lipinski definition) is 4. The first-order valence-corrected chi connectivity index (χ1v) is 7.29. The van der Waals surface area contributed by atoms with Gasteiger partial charge in [-0.2, -0.15) is 0 Å². The van der Waals surface area contributed by atoms with E-state index in [1.807, 2.05) is 4.90 Å². The zero-order valence-electron chi connectivity index (χ0n) is 12.6. The van der Waals surface area contributed by atoms with E-state index in [2.05, 4.69) is 11.9 Å². The Morgan fingerprint density at radius 3 is 2.73 bits per heavy atom. The van der Waals surface area contributed by atoms with E-state index < -0.39 is 0 Å². The number of aromatic nitrogens is 1. The summed E-state index contributed by atoms with van der Waals surface area (Å²) in [6.45, 7) is 3.44. The van der Waals surface area contributed by atoms with Gasteiger partial charge in [-0.05, 0) is 37.2 Å². The standard InChI is InChI=1S/C16H20FN3O2/c1-2-3-8-20(10-15(18)21)11-16-19-9-14(22-16)12-4-6-13(17)7-5-12/h4-7,9H,2-3,8,10-11H2,1H3,(H2,18,21). The highest BCUT2D eigenvalue weighted by Gasteiger charge is 2.13. The molecule has 0 fully saturated rings. The van der Waals surface area contributed by atoms with Gasteiger partial charge in [0.2, 0.25) is 11.8 Å². The van der Waals surface area contributed by atoms with Gasteiger partial charge in [0.15, 0.2) is 5.76 Å². The van der Waals surface area contributed by atoms with E-state index in [0.29, 0.717) is 18.2 Å². The number of nitrogens with two attached hydrogens (primary N) is 1. The third-order valence-electron chi connectivity index (χ3n) is 3.25. The molecule has 0 atom stereocenters. The van der Waals surface area contributed by atoms with Crippen LogP contribution in [0.2, 0.25) is 0 Å². The summed E-state index contributed by atoms with van der Waals surface area (Å²) in [6, 6.07) is 6.02. The lowest BCUT2D eigenvalue weighted by Gasteiger charge is -2.18. The van der Waals surface area contributed by atoms with E-state index in [4.69, 9.17) is 10.2 Å². The summed E-state index contributed by atoms with van der Waals surface area (Å²) in [5, 5.41) is 0. The fourth-order valence-electron chi connectivity index (χ4n) is 2.14. The van der Waals surface area contributed by atoms with E-state index in [0.717, 1.165) is 24.9 Å². The molecule has 1 heterocycles. The van der Waals surface area contributed by atoms with Gasteiger partial charge in [-0.1, -0.05) is 13.3 Å². The summed E-state index contributed by atoms with van der Waals surface area (Å²) < 4.78 is 18.6. The van der Waals surface area contributed by atoms with E-state index in [1.54, 1.807) is 18.3 Å². The maximum atomic E-state index is 12.9. The minimum Gasteiger partial charge on any atom is -0.439 e. The molecule has 0 radical (unpaired) electrons. The molecule has 0 saturated heterocycles. The molecule has 1 aromatic heterocycles. The number of benzene rings is 1. The molecular formula is C16H20FN3O2. The average molecular weight is 305 g/mol. The Kier molecular flexibility index (Phi) is 5.66. The van der Waals surface area contributed by atoms with Crippen molar-refractivity contribution in [3.8, 4) is 11.3 Å². The van der Waals surface area contributed by atoms with Crippen molar-refractivity contribution in [2.24, 2.45) is 5.73 Å². The predicted molar refractivity (Wildman–Crippen MR) is 81.3 cm³/mol. The molecule has 0 saturated carbocycles. The molecule has 0 aliphatic heterocycles. The summed E-state index contributed by atoms with van der Waals surface area (Å²) in [6.07, 6.45) is 3.60. The summed E-state index contributed by atoms with van der Waals surface area (Å²) in [5.74, 6) is 0.415. The Labute approximate surface area is 128 Å². The van der Waals surface area contributed by atoms with Gasteiger partial charge < -0.3 is 10.2 Å². The Balaban J connectivity index is 2.05. The maximum Gasteiger partial charge on any atom is 0.231 e. The summed E-state index contributed by atoms with van der Waals surface area (Å²) in [4.78, 5) is 17.2. The molecule has 0 aliphatic carbocycles. The number of amides is 1. The number of oxazole rings is 1. The first kappa shape index (κ1) is 16.2. The van der Waals surface area contributed by atoms with Gasteiger partial charge in [-0.15, -0.1) is 0 Å². The Bertz CT molecular complexity index is 610. The van der Waals surface area contributed by atoms with Gasteiger partial charge in [0.1, 0.15) is 5.82 Å². The van der Waals surface area contributed by atoms with Crippen molar-refractivity contribution in [2.75, 3.05) is 13.1 Å². The van der Waals surface area contributed by atoms with Gasteiger partial charge in [0, 0.05) is 5.56 Å². The summed E-state index contributed by atoms with van der Waals surface area (Å²) >= 11 is 0. The SMILES string of the molecule is CCCCN(CC(N)=O)Cc1ncc(-c2ccc(F)cc2)o1. The molecular weight excluding hydrogens is 285 g/mol. The van der Waals surface area contributed by atoms with Crippen LogP contribution in [-0.2, 0) is 11.3 Å². The van der Waals surface area contributed by atoms with Crippen LogP contribution < -0.4 is 5.73 Å². The van der Waals surface area contributed by atoms with Crippen molar-refractivity contribution in [3.05, 3.63) is 42.2 Å². The van der Waals surface area contributed by atoms with E-state index >= 15 is 0 Å².